The van der Waals surface area contributed by atoms with Gasteiger partial charge in [0, 0.05) is 51.6 Å². The van der Waals surface area contributed by atoms with Crippen LogP contribution in [0, 0.1) is 0 Å². The summed E-state index contributed by atoms with van der Waals surface area (Å²) < 4.78 is 5.80. The van der Waals surface area contributed by atoms with Crippen molar-refractivity contribution in [3.05, 3.63) is 0 Å². The van der Waals surface area contributed by atoms with Crippen LogP contribution < -0.4 is 5.73 Å². The van der Waals surface area contributed by atoms with Crippen LogP contribution in [0.25, 0.3) is 0 Å². The summed E-state index contributed by atoms with van der Waals surface area (Å²) in [5.74, 6) is 0.0722. The number of carbonyl (C=O) groups is 2. The van der Waals surface area contributed by atoms with E-state index in [0.717, 1.165) is 39.0 Å². The van der Waals surface area contributed by atoms with Crippen LogP contribution in [0.4, 0.5) is 4.79 Å². The molecule has 1 aliphatic carbocycles. The fraction of sp³-hybridized carbons (Fsp3) is 0.895. The van der Waals surface area contributed by atoms with Crippen LogP contribution in [0.2, 0.25) is 0 Å². The summed E-state index contributed by atoms with van der Waals surface area (Å²) in [7, 11) is 4.26. The second-order valence-electron chi connectivity index (χ2n) is 9.13. The third-order valence-electron chi connectivity index (χ3n) is 6.88. The molecule has 1 spiro atoms. The second kappa shape index (κ2) is 6.90. The molecule has 0 bridgehead atoms. The van der Waals surface area contributed by atoms with Crippen molar-refractivity contribution < 1.29 is 14.3 Å². The number of nitrogens with zero attached hydrogens (tertiary/aromatic N) is 4. The Balaban J connectivity index is 1.25. The van der Waals surface area contributed by atoms with Gasteiger partial charge in [0.15, 0.2) is 0 Å². The maximum Gasteiger partial charge on any atom is 0.410 e. The van der Waals surface area contributed by atoms with Gasteiger partial charge in [-0.1, -0.05) is 0 Å². The Labute approximate surface area is 161 Å². The van der Waals surface area contributed by atoms with Crippen molar-refractivity contribution in [2.24, 2.45) is 5.73 Å². The zero-order valence-corrected chi connectivity index (χ0v) is 16.7. The van der Waals surface area contributed by atoms with Crippen LogP contribution in [-0.2, 0) is 9.53 Å². The lowest BCUT2D eigenvalue weighted by atomic mass is 9.91. The fourth-order valence-corrected chi connectivity index (χ4v) is 4.60. The molecule has 1 saturated carbocycles. The van der Waals surface area contributed by atoms with Gasteiger partial charge < -0.3 is 25.2 Å². The zero-order chi connectivity index (χ0) is 19.2. The summed E-state index contributed by atoms with van der Waals surface area (Å²) in [6.07, 6.45) is 4.00. The Morgan fingerprint density at radius 2 is 1.89 bits per heavy atom. The van der Waals surface area contributed by atoms with Crippen LogP contribution in [-0.4, -0.2) is 109 Å². The number of nitrogens with two attached hydrogens (primary N) is 1. The average Bonchev–Trinajstić information content (AvgIpc) is 3.09. The summed E-state index contributed by atoms with van der Waals surface area (Å²) in [6, 6.07) is 0.612. The number of hydrogen-bond donors (Lipinski definition) is 1. The Morgan fingerprint density at radius 1 is 1.19 bits per heavy atom. The third-order valence-corrected chi connectivity index (χ3v) is 6.88. The number of hydrogen-bond acceptors (Lipinski definition) is 6. The van der Waals surface area contributed by atoms with Crippen LogP contribution in [0.15, 0.2) is 0 Å². The molecule has 8 nitrogen and oxygen atoms in total. The monoisotopic (exact) mass is 379 g/mol. The largest absolute Gasteiger partial charge is 0.441 e. The highest BCUT2D eigenvalue weighted by Crippen LogP contribution is 2.38. The molecule has 1 unspecified atom stereocenters. The molecule has 27 heavy (non-hydrogen) atoms. The molecule has 1 atom stereocenters. The molecule has 3 aliphatic heterocycles. The molecular weight excluding hydrogens is 346 g/mol. The molecule has 0 radical (unpaired) electrons. The standard InChI is InChI=1S/C19H33N5O3/c1-21(2)15-3-8-22(13-15)11-12-24-14-18(27-17(24)26)6-9-23(10-7-18)16(25)19(20)4-5-19/h15H,3-14,20H2,1-2H3. The molecule has 4 rings (SSSR count). The highest BCUT2D eigenvalue weighted by atomic mass is 16.6. The summed E-state index contributed by atoms with van der Waals surface area (Å²) in [6.45, 7) is 5.69. The van der Waals surface area contributed by atoms with Crippen molar-refractivity contribution >= 4 is 12.0 Å². The summed E-state index contributed by atoms with van der Waals surface area (Å²) >= 11 is 0. The van der Waals surface area contributed by atoms with Crippen molar-refractivity contribution in [1.29, 1.82) is 0 Å². The van der Waals surface area contributed by atoms with E-state index in [1.807, 2.05) is 9.80 Å². The van der Waals surface area contributed by atoms with Gasteiger partial charge in [-0.05, 0) is 39.9 Å². The van der Waals surface area contributed by atoms with Crippen molar-refractivity contribution in [2.75, 3.05) is 59.9 Å². The lowest BCUT2D eigenvalue weighted by molar-refractivity contribution is -0.137. The van der Waals surface area contributed by atoms with E-state index in [9.17, 15) is 9.59 Å². The smallest absolute Gasteiger partial charge is 0.410 e. The van der Waals surface area contributed by atoms with Gasteiger partial charge >= 0.3 is 6.09 Å². The molecule has 0 aromatic heterocycles. The Morgan fingerprint density at radius 3 is 2.48 bits per heavy atom. The number of rotatable bonds is 5. The van der Waals surface area contributed by atoms with Crippen molar-refractivity contribution in [3.63, 3.8) is 0 Å². The van der Waals surface area contributed by atoms with E-state index in [-0.39, 0.29) is 12.0 Å². The number of likely N-dealkylation sites (N-methyl/N-ethyl adjacent to an activating group) is 1. The first-order chi connectivity index (χ1) is 12.8. The Bertz CT molecular complexity index is 598. The zero-order valence-electron chi connectivity index (χ0n) is 16.7. The quantitative estimate of drug-likeness (QED) is 0.720. The number of piperidine rings is 1. The summed E-state index contributed by atoms with van der Waals surface area (Å²) in [5.41, 5.74) is 5.02. The van der Waals surface area contributed by atoms with Crippen LogP contribution >= 0.6 is 0 Å². The van der Waals surface area contributed by atoms with Gasteiger partial charge in [0.25, 0.3) is 0 Å². The molecule has 0 aromatic carbocycles. The van der Waals surface area contributed by atoms with Gasteiger partial charge in [-0.3, -0.25) is 9.69 Å². The first-order valence-electron chi connectivity index (χ1n) is 10.3. The molecule has 152 valence electrons. The summed E-state index contributed by atoms with van der Waals surface area (Å²) in [4.78, 5) is 33.2. The highest BCUT2D eigenvalue weighted by Gasteiger charge is 2.52. The van der Waals surface area contributed by atoms with E-state index in [1.165, 1.54) is 6.42 Å². The number of ether oxygens (including phenoxy) is 1. The molecule has 0 aromatic rings. The van der Waals surface area contributed by atoms with Gasteiger partial charge in [-0.15, -0.1) is 0 Å². The third kappa shape index (κ3) is 3.79. The Hall–Kier alpha value is -1.38. The van der Waals surface area contributed by atoms with Crippen molar-refractivity contribution in [1.82, 2.24) is 19.6 Å². The lowest BCUT2D eigenvalue weighted by Gasteiger charge is -2.38. The molecule has 4 aliphatic rings. The minimum atomic E-state index is -0.608. The maximum absolute atomic E-state index is 12.4. The molecule has 4 fully saturated rings. The number of likely N-dealkylation sites (tertiary alicyclic amines) is 2. The predicted octanol–water partition coefficient (Wildman–Crippen LogP) is -0.0730. The van der Waals surface area contributed by atoms with Gasteiger partial charge in [-0.25, -0.2) is 4.79 Å². The maximum atomic E-state index is 12.4. The van der Waals surface area contributed by atoms with Crippen molar-refractivity contribution in [3.8, 4) is 0 Å². The molecule has 3 heterocycles. The number of carbonyl (C=O) groups excluding carboxylic acids is 2. The van der Waals surface area contributed by atoms with E-state index in [4.69, 9.17) is 10.5 Å². The van der Waals surface area contributed by atoms with Crippen molar-refractivity contribution in [2.45, 2.75) is 49.3 Å². The molecule has 2 N–H and O–H groups in total. The van der Waals surface area contributed by atoms with Crippen LogP contribution in [0.5, 0.6) is 0 Å². The summed E-state index contributed by atoms with van der Waals surface area (Å²) in [5, 5.41) is 0. The Kier molecular flexibility index (Phi) is 4.84. The minimum absolute atomic E-state index is 0.0722. The predicted molar refractivity (Wildman–Crippen MR) is 101 cm³/mol. The van der Waals surface area contributed by atoms with Gasteiger partial charge in [0.05, 0.1) is 12.1 Å². The topological polar surface area (TPSA) is 82.3 Å². The van der Waals surface area contributed by atoms with E-state index in [1.54, 1.807) is 0 Å². The van der Waals surface area contributed by atoms with Gasteiger partial charge in [0.2, 0.25) is 5.91 Å². The minimum Gasteiger partial charge on any atom is -0.441 e. The fourth-order valence-electron chi connectivity index (χ4n) is 4.60. The molecule has 3 saturated heterocycles. The molecule has 2 amide bonds. The lowest BCUT2D eigenvalue weighted by Crippen LogP contribution is -2.53. The second-order valence-corrected chi connectivity index (χ2v) is 9.13. The van der Waals surface area contributed by atoms with Gasteiger partial charge in [-0.2, -0.15) is 0 Å². The first-order valence-corrected chi connectivity index (χ1v) is 10.3. The SMILES string of the molecule is CN(C)C1CCN(CCN2CC3(CCN(C(=O)C4(N)CC4)CC3)OC2=O)C1. The first kappa shape index (κ1) is 19.0. The average molecular weight is 380 g/mol. The van der Waals surface area contributed by atoms with E-state index in [0.29, 0.717) is 38.5 Å². The van der Waals surface area contributed by atoms with Gasteiger partial charge in [0.1, 0.15) is 5.60 Å². The van der Waals surface area contributed by atoms with E-state index < -0.39 is 11.1 Å². The normalized spacial score (nSPS) is 29.6. The van der Waals surface area contributed by atoms with Crippen LogP contribution in [0.3, 0.4) is 0 Å². The van der Waals surface area contributed by atoms with E-state index >= 15 is 0 Å². The number of amides is 2. The molecular formula is C19H33N5O3. The van der Waals surface area contributed by atoms with E-state index in [2.05, 4.69) is 23.9 Å². The highest BCUT2D eigenvalue weighted by molar-refractivity contribution is 5.89. The van der Waals surface area contributed by atoms with Crippen LogP contribution in [0.1, 0.15) is 32.1 Å². The molecule has 8 heteroatoms.